The minimum Gasteiger partial charge on any atom is -0.493 e. The van der Waals surface area contributed by atoms with Crippen LogP contribution in [0.3, 0.4) is 0 Å². The van der Waals surface area contributed by atoms with Gasteiger partial charge >= 0.3 is 0 Å². The predicted octanol–water partition coefficient (Wildman–Crippen LogP) is 3.28. The van der Waals surface area contributed by atoms with Crippen LogP contribution in [0.25, 0.3) is 0 Å². The van der Waals surface area contributed by atoms with Gasteiger partial charge in [-0.3, -0.25) is 4.79 Å². The van der Waals surface area contributed by atoms with Gasteiger partial charge in [0.15, 0.2) is 11.5 Å². The normalized spacial score (nSPS) is 26.7. The summed E-state index contributed by atoms with van der Waals surface area (Å²) in [7, 11) is 3.06. The quantitative estimate of drug-likeness (QED) is 0.928. The highest BCUT2D eigenvalue weighted by Gasteiger charge is 2.51. The minimum atomic E-state index is -0.0859. The number of carbonyl (C=O) groups excluding carboxylic acids is 1. The summed E-state index contributed by atoms with van der Waals surface area (Å²) in [5, 5.41) is 3.52. The molecular formula is C16H20ClNO3. The molecule has 2 saturated carbocycles. The van der Waals surface area contributed by atoms with E-state index in [-0.39, 0.29) is 5.91 Å². The molecule has 0 spiro atoms. The maximum Gasteiger partial charge on any atom is 0.251 e. The van der Waals surface area contributed by atoms with E-state index in [0.717, 1.165) is 0 Å². The lowest BCUT2D eigenvalue weighted by Crippen LogP contribution is -2.27. The number of hydrogen-bond donors (Lipinski definition) is 1. The van der Waals surface area contributed by atoms with E-state index in [2.05, 4.69) is 5.32 Å². The van der Waals surface area contributed by atoms with Crippen molar-refractivity contribution in [3.8, 4) is 11.5 Å². The fourth-order valence-electron chi connectivity index (χ4n) is 3.49. The lowest BCUT2D eigenvalue weighted by atomic mass is 10.0. The van der Waals surface area contributed by atoms with Crippen LogP contribution in [0.4, 0.5) is 0 Å². The van der Waals surface area contributed by atoms with Crippen molar-refractivity contribution < 1.29 is 14.3 Å². The molecule has 1 aromatic rings. The van der Waals surface area contributed by atoms with Crippen molar-refractivity contribution >= 4 is 17.5 Å². The molecule has 0 aliphatic heterocycles. The molecule has 2 fully saturated rings. The topological polar surface area (TPSA) is 47.6 Å². The van der Waals surface area contributed by atoms with Gasteiger partial charge in [-0.15, -0.1) is 0 Å². The number of benzene rings is 1. The number of rotatable bonds is 4. The molecule has 21 heavy (non-hydrogen) atoms. The third-order valence-electron chi connectivity index (χ3n) is 4.65. The van der Waals surface area contributed by atoms with Gasteiger partial charge in [0.05, 0.1) is 19.2 Å². The van der Waals surface area contributed by atoms with Gasteiger partial charge in [0.2, 0.25) is 0 Å². The molecule has 0 bridgehead atoms. The van der Waals surface area contributed by atoms with Gasteiger partial charge in [-0.2, -0.15) is 0 Å². The van der Waals surface area contributed by atoms with Crippen molar-refractivity contribution in [3.63, 3.8) is 0 Å². The molecule has 2 unspecified atom stereocenters. The van der Waals surface area contributed by atoms with Crippen LogP contribution >= 0.6 is 11.6 Å². The van der Waals surface area contributed by atoms with Crippen LogP contribution in [0.2, 0.25) is 5.02 Å². The standard InChI is InChI=1S/C16H20ClNO3/c1-20-13-8-9(7-12(17)15(13)21-2)16(19)18-14-10-5-3-4-6-11(10)14/h7-8,10-11,14H,3-6H2,1-2H3,(H,18,19). The molecule has 0 aromatic heterocycles. The summed E-state index contributed by atoms with van der Waals surface area (Å²) >= 11 is 6.15. The Morgan fingerprint density at radius 3 is 2.43 bits per heavy atom. The third-order valence-corrected chi connectivity index (χ3v) is 4.93. The second-order valence-corrected chi connectivity index (χ2v) is 6.21. The zero-order valence-electron chi connectivity index (χ0n) is 12.3. The summed E-state index contributed by atoms with van der Waals surface area (Å²) in [5.74, 6) is 2.20. The van der Waals surface area contributed by atoms with Crippen LogP contribution < -0.4 is 14.8 Å². The molecule has 0 radical (unpaired) electrons. The monoisotopic (exact) mass is 309 g/mol. The van der Waals surface area contributed by atoms with E-state index in [4.69, 9.17) is 21.1 Å². The Kier molecular flexibility index (Phi) is 3.98. The lowest BCUT2D eigenvalue weighted by molar-refractivity contribution is 0.0947. The molecule has 1 aromatic carbocycles. The lowest BCUT2D eigenvalue weighted by Gasteiger charge is -2.12. The van der Waals surface area contributed by atoms with Crippen molar-refractivity contribution in [1.82, 2.24) is 5.32 Å². The van der Waals surface area contributed by atoms with Gasteiger partial charge in [0, 0.05) is 11.6 Å². The number of amides is 1. The average Bonchev–Trinajstić information content (AvgIpc) is 3.19. The van der Waals surface area contributed by atoms with Crippen LogP contribution in [0.15, 0.2) is 12.1 Å². The van der Waals surface area contributed by atoms with Crippen LogP contribution in [0, 0.1) is 11.8 Å². The Hall–Kier alpha value is -1.42. The molecule has 2 aliphatic carbocycles. The van der Waals surface area contributed by atoms with E-state index in [1.165, 1.54) is 39.9 Å². The van der Waals surface area contributed by atoms with Gasteiger partial charge in [0.25, 0.3) is 5.91 Å². The van der Waals surface area contributed by atoms with Crippen molar-refractivity contribution in [3.05, 3.63) is 22.7 Å². The Morgan fingerprint density at radius 1 is 1.19 bits per heavy atom. The first-order chi connectivity index (χ1) is 10.2. The number of ether oxygens (including phenoxy) is 2. The summed E-state index contributed by atoms with van der Waals surface area (Å²) in [6.07, 6.45) is 5.05. The van der Waals surface area contributed by atoms with E-state index >= 15 is 0 Å². The first-order valence-electron chi connectivity index (χ1n) is 7.38. The van der Waals surface area contributed by atoms with Gasteiger partial charge in [-0.1, -0.05) is 24.4 Å². The highest BCUT2D eigenvalue weighted by atomic mass is 35.5. The van der Waals surface area contributed by atoms with Crippen LogP contribution in [0.1, 0.15) is 36.0 Å². The van der Waals surface area contributed by atoms with Crippen LogP contribution in [-0.2, 0) is 0 Å². The SMILES string of the molecule is COc1cc(C(=O)NC2C3CCCCC32)cc(Cl)c1OC. The number of fused-ring (bicyclic) bond motifs is 1. The molecule has 2 atom stereocenters. The molecule has 3 rings (SSSR count). The Bertz CT molecular complexity index is 549. The second kappa shape index (κ2) is 5.76. The molecule has 5 heteroatoms. The van der Waals surface area contributed by atoms with E-state index in [1.807, 2.05) is 0 Å². The van der Waals surface area contributed by atoms with Gasteiger partial charge < -0.3 is 14.8 Å². The van der Waals surface area contributed by atoms with Crippen molar-refractivity contribution in [2.75, 3.05) is 14.2 Å². The highest BCUT2D eigenvalue weighted by Crippen LogP contribution is 2.49. The van der Waals surface area contributed by atoms with Crippen molar-refractivity contribution in [1.29, 1.82) is 0 Å². The molecule has 1 N–H and O–H groups in total. The molecule has 114 valence electrons. The number of hydrogen-bond acceptors (Lipinski definition) is 3. The number of nitrogens with one attached hydrogen (secondary N) is 1. The second-order valence-electron chi connectivity index (χ2n) is 5.80. The van der Waals surface area contributed by atoms with E-state index < -0.39 is 0 Å². The molecule has 4 nitrogen and oxygen atoms in total. The van der Waals surface area contributed by atoms with Gasteiger partial charge in [-0.25, -0.2) is 0 Å². The maximum absolute atomic E-state index is 12.4. The van der Waals surface area contributed by atoms with E-state index in [0.29, 0.717) is 40.0 Å². The largest absolute Gasteiger partial charge is 0.493 e. The molecule has 0 saturated heterocycles. The summed E-state index contributed by atoms with van der Waals surface area (Å²) in [6.45, 7) is 0. The van der Waals surface area contributed by atoms with Crippen LogP contribution in [-0.4, -0.2) is 26.2 Å². The summed E-state index contributed by atoms with van der Waals surface area (Å²) < 4.78 is 10.4. The number of halogens is 1. The first kappa shape index (κ1) is 14.5. The van der Waals surface area contributed by atoms with Crippen molar-refractivity contribution in [2.45, 2.75) is 31.7 Å². The maximum atomic E-state index is 12.4. The zero-order chi connectivity index (χ0) is 15.0. The molecular weight excluding hydrogens is 290 g/mol. The van der Waals surface area contributed by atoms with Gasteiger partial charge in [-0.05, 0) is 36.8 Å². The van der Waals surface area contributed by atoms with Crippen LogP contribution in [0.5, 0.6) is 11.5 Å². The third kappa shape index (κ3) is 2.69. The average molecular weight is 310 g/mol. The molecule has 1 amide bonds. The minimum absolute atomic E-state index is 0.0859. The van der Waals surface area contributed by atoms with Crippen molar-refractivity contribution in [2.24, 2.45) is 11.8 Å². The summed E-state index contributed by atoms with van der Waals surface area (Å²) in [4.78, 5) is 12.4. The first-order valence-corrected chi connectivity index (χ1v) is 7.76. The predicted molar refractivity (Wildman–Crippen MR) is 81.3 cm³/mol. The fraction of sp³-hybridized carbons (Fsp3) is 0.562. The Morgan fingerprint density at radius 2 is 1.86 bits per heavy atom. The highest BCUT2D eigenvalue weighted by molar-refractivity contribution is 6.32. The smallest absolute Gasteiger partial charge is 0.251 e. The molecule has 2 aliphatic rings. The fourth-order valence-corrected chi connectivity index (χ4v) is 3.78. The summed E-state index contributed by atoms with van der Waals surface area (Å²) in [6, 6.07) is 3.64. The Labute approximate surface area is 129 Å². The molecule has 0 heterocycles. The Balaban J connectivity index is 1.74. The number of carbonyl (C=O) groups is 1. The van der Waals surface area contributed by atoms with E-state index in [1.54, 1.807) is 12.1 Å². The summed E-state index contributed by atoms with van der Waals surface area (Å²) in [5.41, 5.74) is 0.515. The number of methoxy groups -OCH3 is 2. The zero-order valence-corrected chi connectivity index (χ0v) is 13.1. The van der Waals surface area contributed by atoms with E-state index in [9.17, 15) is 4.79 Å². The van der Waals surface area contributed by atoms with Gasteiger partial charge in [0.1, 0.15) is 0 Å².